The fraction of sp³-hybridized carbons (Fsp3) is 0.421. The van der Waals surface area contributed by atoms with Crippen molar-refractivity contribution in [2.45, 2.75) is 19.9 Å². The molecule has 27 heavy (non-hydrogen) atoms. The van der Waals surface area contributed by atoms with Crippen LogP contribution in [0.15, 0.2) is 30.5 Å². The first kappa shape index (κ1) is 18.9. The van der Waals surface area contributed by atoms with E-state index in [-0.39, 0.29) is 0 Å². The quantitative estimate of drug-likeness (QED) is 0.531. The molecule has 0 aliphatic heterocycles. The van der Waals surface area contributed by atoms with E-state index in [1.165, 1.54) is 0 Å². The van der Waals surface area contributed by atoms with Gasteiger partial charge in [0.05, 0.1) is 18.7 Å². The van der Waals surface area contributed by atoms with Crippen molar-refractivity contribution in [1.29, 1.82) is 0 Å². The molecule has 2 heterocycles. The van der Waals surface area contributed by atoms with E-state index >= 15 is 0 Å². The number of hydrogen-bond acceptors (Lipinski definition) is 7. The van der Waals surface area contributed by atoms with Crippen molar-refractivity contribution in [2.75, 3.05) is 37.5 Å². The van der Waals surface area contributed by atoms with Gasteiger partial charge in [-0.15, -0.1) is 0 Å². The monoisotopic (exact) mass is 370 g/mol. The van der Waals surface area contributed by atoms with E-state index in [9.17, 15) is 0 Å². The molecule has 0 amide bonds. The van der Waals surface area contributed by atoms with Crippen molar-refractivity contribution in [2.24, 2.45) is 7.05 Å². The topological polar surface area (TPSA) is 86.1 Å². The SMILES string of the molecule is CCOCCCNc1nc(NCc2ccc(OC)cc2)c2cnn(C)c2n1. The lowest BCUT2D eigenvalue weighted by Gasteiger charge is -2.11. The highest BCUT2D eigenvalue weighted by molar-refractivity contribution is 5.87. The minimum atomic E-state index is 0.583. The number of anilines is 2. The van der Waals surface area contributed by atoms with Crippen molar-refractivity contribution in [3.63, 3.8) is 0 Å². The summed E-state index contributed by atoms with van der Waals surface area (Å²) >= 11 is 0. The normalized spacial score (nSPS) is 10.9. The van der Waals surface area contributed by atoms with Crippen molar-refractivity contribution < 1.29 is 9.47 Å². The van der Waals surface area contributed by atoms with Gasteiger partial charge in [-0.25, -0.2) is 0 Å². The van der Waals surface area contributed by atoms with Crippen LogP contribution in [0.5, 0.6) is 5.75 Å². The van der Waals surface area contributed by atoms with Crippen molar-refractivity contribution >= 4 is 22.8 Å². The van der Waals surface area contributed by atoms with E-state index in [1.807, 2.05) is 38.2 Å². The number of fused-ring (bicyclic) bond motifs is 1. The molecule has 8 heteroatoms. The van der Waals surface area contributed by atoms with Crippen LogP contribution in [0.4, 0.5) is 11.8 Å². The Morgan fingerprint density at radius 2 is 1.93 bits per heavy atom. The summed E-state index contributed by atoms with van der Waals surface area (Å²) in [7, 11) is 3.54. The predicted molar refractivity (Wildman–Crippen MR) is 106 cm³/mol. The molecular formula is C19H26N6O2. The Morgan fingerprint density at radius 1 is 1.11 bits per heavy atom. The van der Waals surface area contributed by atoms with Crippen LogP contribution >= 0.6 is 0 Å². The molecule has 0 aliphatic rings. The third-order valence-electron chi connectivity index (χ3n) is 4.16. The van der Waals surface area contributed by atoms with Crippen LogP contribution in [0, 0.1) is 0 Å². The molecule has 0 unspecified atom stereocenters. The maximum absolute atomic E-state index is 5.36. The molecule has 0 atom stereocenters. The van der Waals surface area contributed by atoms with Gasteiger partial charge in [-0.05, 0) is 31.0 Å². The van der Waals surface area contributed by atoms with Gasteiger partial charge in [-0.1, -0.05) is 12.1 Å². The number of ether oxygens (including phenoxy) is 2. The largest absolute Gasteiger partial charge is 0.497 e. The van der Waals surface area contributed by atoms with Crippen LogP contribution in [-0.2, 0) is 18.3 Å². The average Bonchev–Trinajstić information content (AvgIpc) is 3.07. The molecule has 3 rings (SSSR count). The molecule has 2 N–H and O–H groups in total. The zero-order chi connectivity index (χ0) is 19.1. The zero-order valence-electron chi connectivity index (χ0n) is 16.0. The average molecular weight is 370 g/mol. The number of aryl methyl sites for hydroxylation is 1. The molecule has 2 aromatic heterocycles. The molecule has 0 saturated heterocycles. The summed E-state index contributed by atoms with van der Waals surface area (Å²) in [4.78, 5) is 9.20. The molecule has 0 radical (unpaired) electrons. The van der Waals surface area contributed by atoms with E-state index in [2.05, 4.69) is 25.7 Å². The van der Waals surface area contributed by atoms with E-state index in [0.29, 0.717) is 12.5 Å². The second kappa shape index (κ2) is 9.18. The summed E-state index contributed by atoms with van der Waals surface area (Å²) in [5, 5.41) is 11.9. The van der Waals surface area contributed by atoms with Gasteiger partial charge in [-0.2, -0.15) is 15.1 Å². The highest BCUT2D eigenvalue weighted by atomic mass is 16.5. The summed E-state index contributed by atoms with van der Waals surface area (Å²) in [6, 6.07) is 7.95. The highest BCUT2D eigenvalue weighted by Crippen LogP contribution is 2.22. The summed E-state index contributed by atoms with van der Waals surface area (Å²) in [5.41, 5.74) is 1.92. The fourth-order valence-corrected chi connectivity index (χ4v) is 2.68. The van der Waals surface area contributed by atoms with E-state index in [0.717, 1.165) is 54.3 Å². The second-order valence-corrected chi connectivity index (χ2v) is 6.08. The summed E-state index contributed by atoms with van der Waals surface area (Å²) in [5.74, 6) is 2.19. The lowest BCUT2D eigenvalue weighted by molar-refractivity contribution is 0.147. The Morgan fingerprint density at radius 3 is 2.67 bits per heavy atom. The molecule has 144 valence electrons. The van der Waals surface area contributed by atoms with Crippen molar-refractivity contribution in [3.8, 4) is 5.75 Å². The van der Waals surface area contributed by atoms with Crippen LogP contribution in [-0.4, -0.2) is 46.6 Å². The van der Waals surface area contributed by atoms with Gasteiger partial charge in [0.25, 0.3) is 0 Å². The van der Waals surface area contributed by atoms with Crippen LogP contribution in [0.2, 0.25) is 0 Å². The standard InChI is InChI=1S/C19H26N6O2/c1-4-27-11-5-10-20-19-23-17(16-13-22-25(2)18(16)24-19)21-12-14-6-8-15(26-3)9-7-14/h6-9,13H,4-5,10-12H2,1-3H3,(H2,20,21,23,24). The molecule has 3 aromatic rings. The molecular weight excluding hydrogens is 344 g/mol. The number of rotatable bonds is 10. The van der Waals surface area contributed by atoms with Crippen LogP contribution in [0.3, 0.4) is 0 Å². The van der Waals surface area contributed by atoms with E-state index < -0.39 is 0 Å². The second-order valence-electron chi connectivity index (χ2n) is 6.08. The molecule has 0 saturated carbocycles. The first-order valence-electron chi connectivity index (χ1n) is 9.09. The Bertz CT molecular complexity index is 863. The zero-order valence-corrected chi connectivity index (χ0v) is 16.0. The number of nitrogens with zero attached hydrogens (tertiary/aromatic N) is 4. The number of nitrogens with one attached hydrogen (secondary N) is 2. The Kier molecular flexibility index (Phi) is 6.43. The van der Waals surface area contributed by atoms with Gasteiger partial charge in [0.2, 0.25) is 5.95 Å². The predicted octanol–water partition coefficient (Wildman–Crippen LogP) is 2.82. The first-order valence-corrected chi connectivity index (χ1v) is 9.09. The molecule has 0 bridgehead atoms. The lowest BCUT2D eigenvalue weighted by Crippen LogP contribution is -2.11. The molecule has 0 spiro atoms. The molecule has 0 fully saturated rings. The van der Waals surface area contributed by atoms with Gasteiger partial charge in [0.15, 0.2) is 5.65 Å². The number of aromatic nitrogens is 4. The maximum atomic E-state index is 5.36. The van der Waals surface area contributed by atoms with Crippen molar-refractivity contribution in [3.05, 3.63) is 36.0 Å². The van der Waals surface area contributed by atoms with Gasteiger partial charge < -0.3 is 20.1 Å². The fourth-order valence-electron chi connectivity index (χ4n) is 2.68. The third kappa shape index (κ3) is 4.85. The van der Waals surface area contributed by atoms with Gasteiger partial charge in [0.1, 0.15) is 11.6 Å². The smallest absolute Gasteiger partial charge is 0.226 e. The highest BCUT2D eigenvalue weighted by Gasteiger charge is 2.11. The molecule has 1 aromatic carbocycles. The van der Waals surface area contributed by atoms with Gasteiger partial charge >= 0.3 is 0 Å². The number of hydrogen-bond donors (Lipinski definition) is 2. The van der Waals surface area contributed by atoms with Crippen molar-refractivity contribution in [1.82, 2.24) is 19.7 Å². The molecule has 8 nitrogen and oxygen atoms in total. The summed E-state index contributed by atoms with van der Waals surface area (Å²) in [6.45, 7) is 4.85. The minimum absolute atomic E-state index is 0.583. The maximum Gasteiger partial charge on any atom is 0.226 e. The van der Waals surface area contributed by atoms with E-state index in [1.54, 1.807) is 18.0 Å². The Labute approximate surface area is 158 Å². The minimum Gasteiger partial charge on any atom is -0.497 e. The van der Waals surface area contributed by atoms with E-state index in [4.69, 9.17) is 9.47 Å². The Hall–Kier alpha value is -2.87. The number of methoxy groups -OCH3 is 1. The van der Waals surface area contributed by atoms with Gasteiger partial charge in [0, 0.05) is 33.4 Å². The Balaban J connectivity index is 1.72. The van der Waals surface area contributed by atoms with Crippen LogP contribution < -0.4 is 15.4 Å². The van der Waals surface area contributed by atoms with Gasteiger partial charge in [-0.3, -0.25) is 4.68 Å². The molecule has 0 aliphatic carbocycles. The van der Waals surface area contributed by atoms with Crippen LogP contribution in [0.1, 0.15) is 18.9 Å². The van der Waals surface area contributed by atoms with Crippen LogP contribution in [0.25, 0.3) is 11.0 Å². The first-order chi connectivity index (χ1) is 13.2. The summed E-state index contributed by atoms with van der Waals surface area (Å²) < 4.78 is 12.3. The third-order valence-corrected chi connectivity index (χ3v) is 4.16. The lowest BCUT2D eigenvalue weighted by atomic mass is 10.2. The summed E-state index contributed by atoms with van der Waals surface area (Å²) in [6.07, 6.45) is 2.68. The number of benzene rings is 1.